The molecule has 0 bridgehead atoms. The number of carboxylic acid groups (broad SMARTS) is 4. The first-order chi connectivity index (χ1) is 10.9. The molecule has 0 aromatic heterocycles. The predicted molar refractivity (Wildman–Crippen MR) is 73.6 cm³/mol. The molecule has 0 fully saturated rings. The van der Waals surface area contributed by atoms with Gasteiger partial charge in [0.25, 0.3) is 0 Å². The Labute approximate surface area is 164 Å². The van der Waals surface area contributed by atoms with E-state index in [1.807, 2.05) is 0 Å². The van der Waals surface area contributed by atoms with E-state index in [1.165, 1.54) is 0 Å². The Bertz CT molecular complexity index is 366. The quantitative estimate of drug-likeness (QED) is 0.185. The van der Waals surface area contributed by atoms with Gasteiger partial charge in [-0.25, -0.2) is 0 Å². The van der Waals surface area contributed by atoms with E-state index in [-0.39, 0.29) is 42.6 Å². The summed E-state index contributed by atoms with van der Waals surface area (Å²) in [5.41, 5.74) is 0. The Hall–Kier alpha value is -1.26. The van der Waals surface area contributed by atoms with Crippen LogP contribution in [0.4, 0.5) is 0 Å². The van der Waals surface area contributed by atoms with Gasteiger partial charge in [0.1, 0.15) is 0 Å². The Morgan fingerprint density at radius 1 is 0.680 bits per heavy atom. The number of hydrogen-bond acceptors (Lipinski definition) is 9. The molecule has 0 aliphatic rings. The molecule has 0 radical (unpaired) electrons. The van der Waals surface area contributed by atoms with Crippen molar-refractivity contribution in [1.29, 1.82) is 0 Å². The van der Waals surface area contributed by atoms with E-state index in [1.54, 1.807) is 0 Å². The molecule has 0 unspecified atom stereocenters. The molecule has 0 aromatic carbocycles. The van der Waals surface area contributed by atoms with Crippen LogP contribution in [0.25, 0.3) is 0 Å². The van der Waals surface area contributed by atoms with Gasteiger partial charge in [0.05, 0.1) is 26.2 Å². The van der Waals surface area contributed by atoms with Crippen LogP contribution in [0.15, 0.2) is 0 Å². The molecule has 0 aliphatic carbocycles. The second-order valence-corrected chi connectivity index (χ2v) is 4.32. The van der Waals surface area contributed by atoms with Crippen molar-refractivity contribution in [2.75, 3.05) is 39.3 Å². The van der Waals surface area contributed by atoms with Crippen LogP contribution >= 0.6 is 0 Å². The predicted octanol–water partition coefficient (Wildman–Crippen LogP) is -7.75. The maximum atomic E-state index is 10.6. The van der Waals surface area contributed by atoms with Crippen molar-refractivity contribution in [3.8, 4) is 0 Å². The van der Waals surface area contributed by atoms with Gasteiger partial charge in [-0.15, -0.1) is 0 Å². The molecule has 138 valence electrons. The summed E-state index contributed by atoms with van der Waals surface area (Å²) in [6.45, 7) is -2.25. The van der Waals surface area contributed by atoms with E-state index >= 15 is 0 Å². The Balaban J connectivity index is -0.000000867. The fourth-order valence-corrected chi connectivity index (χ4v) is 1.48. The summed E-state index contributed by atoms with van der Waals surface area (Å²) in [5.74, 6) is -4.91. The largest absolute Gasteiger partial charge is 1.00 e. The van der Waals surface area contributed by atoms with Crippen molar-refractivity contribution in [2.24, 2.45) is 0 Å². The molecule has 0 spiro atoms. The minimum Gasteiger partial charge on any atom is -0.832 e. The van der Waals surface area contributed by atoms with Crippen molar-refractivity contribution < 1.29 is 84.2 Å². The number of aliphatic carboxylic acids is 4. The minimum absolute atomic E-state index is 0. The average molecular weight is 376 g/mol. The average Bonchev–Trinajstić information content (AvgIpc) is 2.32. The molecule has 6 N–H and O–H groups in total. The third-order valence-electron chi connectivity index (χ3n) is 2.17. The summed E-state index contributed by atoms with van der Waals surface area (Å²) in [4.78, 5) is 44.4. The minimum atomic E-state index is -2.42. The van der Waals surface area contributed by atoms with Gasteiger partial charge in [0, 0.05) is 13.1 Å². The number of nitrogens with zero attached hydrogens (tertiary/aromatic N) is 2. The Morgan fingerprint density at radius 2 is 0.840 bits per heavy atom. The van der Waals surface area contributed by atoms with Crippen molar-refractivity contribution in [3.63, 3.8) is 0 Å². The van der Waals surface area contributed by atoms with E-state index in [4.69, 9.17) is 35.5 Å². The van der Waals surface area contributed by atoms with E-state index in [2.05, 4.69) is 0 Å². The molecule has 0 aliphatic heterocycles. The van der Waals surface area contributed by atoms with Crippen LogP contribution in [-0.2, 0) is 19.2 Å². The topological polar surface area (TPSA) is 219 Å². The summed E-state index contributed by atoms with van der Waals surface area (Å²) in [5, 5.41) is 57.2. The van der Waals surface area contributed by atoms with Crippen molar-refractivity contribution in [2.45, 2.75) is 0 Å². The fraction of sp³-hybridized carbons (Fsp3) is 0.600. The maximum absolute atomic E-state index is 10.6. The molecule has 0 saturated carbocycles. The van der Waals surface area contributed by atoms with Gasteiger partial charge in [0.2, 0.25) is 0 Å². The molecule has 15 heteroatoms. The summed E-state index contributed by atoms with van der Waals surface area (Å²) in [6, 6.07) is 0. The van der Waals surface area contributed by atoms with Gasteiger partial charge < -0.3 is 35.5 Å². The van der Waals surface area contributed by atoms with Crippen molar-refractivity contribution >= 4 is 31.2 Å². The van der Waals surface area contributed by atoms with Crippen LogP contribution in [0.1, 0.15) is 0 Å². The summed E-state index contributed by atoms with van der Waals surface area (Å²) in [7, 11) is -2.42. The van der Waals surface area contributed by atoms with Crippen molar-refractivity contribution in [3.05, 3.63) is 0 Å². The molecular weight excluding hydrogens is 358 g/mol. The van der Waals surface area contributed by atoms with E-state index in [9.17, 15) is 19.2 Å². The number of rotatable bonds is 11. The van der Waals surface area contributed by atoms with Crippen LogP contribution in [0, 0.1) is 0 Å². The first-order valence-electron chi connectivity index (χ1n) is 6.27. The summed E-state index contributed by atoms with van der Waals surface area (Å²) in [6.07, 6.45) is 0. The third-order valence-corrected chi connectivity index (χ3v) is 2.17. The third kappa shape index (κ3) is 25.1. The molecule has 13 nitrogen and oxygen atoms in total. The first-order valence-corrected chi connectivity index (χ1v) is 6.27. The van der Waals surface area contributed by atoms with Crippen LogP contribution in [-0.4, -0.2) is 111 Å². The second kappa shape index (κ2) is 16.2. The Kier molecular flexibility index (Phi) is 18.5. The van der Waals surface area contributed by atoms with Crippen LogP contribution in [0.3, 0.4) is 0 Å². The summed E-state index contributed by atoms with van der Waals surface area (Å²) < 4.78 is 0. The normalized spacial score (nSPS) is 9.64. The number of carbonyl (C=O) groups is 4. The molecule has 0 aromatic rings. The Morgan fingerprint density at radius 3 is 0.960 bits per heavy atom. The first kappa shape index (κ1) is 28.5. The van der Waals surface area contributed by atoms with Crippen LogP contribution in [0.2, 0.25) is 0 Å². The molecule has 0 atom stereocenters. The van der Waals surface area contributed by atoms with Gasteiger partial charge in [0.15, 0.2) is 0 Å². The van der Waals surface area contributed by atoms with Gasteiger partial charge in [-0.1, -0.05) is 0 Å². The van der Waals surface area contributed by atoms with Gasteiger partial charge in [-0.2, -0.15) is 0 Å². The van der Waals surface area contributed by atoms with Gasteiger partial charge >= 0.3 is 60.8 Å². The number of carboxylic acids is 4. The van der Waals surface area contributed by atoms with Crippen molar-refractivity contribution in [1.82, 2.24) is 9.80 Å². The zero-order chi connectivity index (χ0) is 19.3. The second-order valence-electron chi connectivity index (χ2n) is 4.32. The zero-order valence-electron chi connectivity index (χ0n) is 13.4. The smallest absolute Gasteiger partial charge is 0.832 e. The van der Waals surface area contributed by atoms with Crippen LogP contribution < -0.4 is 34.6 Å². The molecular formula is C10H18BN2NaO11. The molecule has 0 rings (SSSR count). The van der Waals surface area contributed by atoms with Crippen LogP contribution in [0.5, 0.6) is 0 Å². The van der Waals surface area contributed by atoms with E-state index in [0.717, 1.165) is 9.80 Å². The van der Waals surface area contributed by atoms with Gasteiger partial charge in [-0.05, 0) is 0 Å². The zero-order valence-corrected chi connectivity index (χ0v) is 15.4. The van der Waals surface area contributed by atoms with Gasteiger partial charge in [-0.3, -0.25) is 29.0 Å². The maximum Gasteiger partial charge on any atom is 1.00 e. The summed E-state index contributed by atoms with van der Waals surface area (Å²) >= 11 is 0. The monoisotopic (exact) mass is 376 g/mol. The molecule has 25 heavy (non-hydrogen) atoms. The molecule has 0 amide bonds. The number of hydrogen-bond donors (Lipinski definition) is 6. The molecule has 0 heterocycles. The van der Waals surface area contributed by atoms with E-state index < -0.39 is 57.4 Å². The fourth-order valence-electron chi connectivity index (χ4n) is 1.48. The SMILES string of the molecule is O=C(O)CN(CCN(CC(=O)O)CC(=O)O)CC(=O)O.[Na+].[O-]B(O)O. The molecule has 0 saturated heterocycles. The van der Waals surface area contributed by atoms with E-state index in [0.29, 0.717) is 0 Å². The standard InChI is InChI=1S/C10H16N2O8.BH2O3.Na/c13-7(14)3-11(4-8(15)16)1-2-12(5-9(17)18)6-10(19)20;2-1(3)4;/h1-6H2,(H,13,14)(H,15,16)(H,17,18)(H,19,20);2-3H;/q;-1;+1.